The Kier molecular flexibility index (Phi) is 5.59. The first kappa shape index (κ1) is 18.5. The van der Waals surface area contributed by atoms with Crippen LogP contribution in [0.4, 0.5) is 0 Å². The maximum absolute atomic E-state index is 6.42. The second kappa shape index (κ2) is 6.95. The first-order chi connectivity index (χ1) is 10.7. The number of rotatable bonds is 5. The SMILES string of the molecule is COOC(C)/C=C/c1ccc(B2OC(C)(C)C(C)(C)O2)c(Cl)c1. The fraction of sp³-hybridized carbons (Fsp3) is 0.529. The first-order valence-corrected chi connectivity index (χ1v) is 8.07. The third kappa shape index (κ3) is 4.17. The second-order valence-electron chi connectivity index (χ2n) is 6.70. The molecule has 0 aliphatic carbocycles. The van der Waals surface area contributed by atoms with E-state index in [-0.39, 0.29) is 17.3 Å². The third-order valence-electron chi connectivity index (χ3n) is 4.34. The van der Waals surface area contributed by atoms with Crippen molar-refractivity contribution in [2.45, 2.75) is 51.9 Å². The van der Waals surface area contributed by atoms with Crippen LogP contribution in [-0.4, -0.2) is 31.5 Å². The lowest BCUT2D eigenvalue weighted by Crippen LogP contribution is -2.41. The second-order valence-corrected chi connectivity index (χ2v) is 7.10. The Hall–Kier alpha value is -0.845. The molecular weight excluding hydrogens is 314 g/mol. The van der Waals surface area contributed by atoms with Crippen LogP contribution in [0.5, 0.6) is 0 Å². The topological polar surface area (TPSA) is 36.9 Å². The van der Waals surface area contributed by atoms with Crippen molar-refractivity contribution in [2.75, 3.05) is 7.11 Å². The van der Waals surface area contributed by atoms with Crippen molar-refractivity contribution >= 4 is 30.3 Å². The van der Waals surface area contributed by atoms with Crippen LogP contribution in [-0.2, 0) is 19.1 Å². The highest BCUT2D eigenvalue weighted by Crippen LogP contribution is 2.37. The van der Waals surface area contributed by atoms with Gasteiger partial charge in [0.25, 0.3) is 0 Å². The Morgan fingerprint density at radius 1 is 1.17 bits per heavy atom. The van der Waals surface area contributed by atoms with Gasteiger partial charge in [0.2, 0.25) is 0 Å². The highest BCUT2D eigenvalue weighted by molar-refractivity contribution is 6.65. The van der Waals surface area contributed by atoms with Gasteiger partial charge in [0.1, 0.15) is 6.10 Å². The highest BCUT2D eigenvalue weighted by atomic mass is 35.5. The van der Waals surface area contributed by atoms with Crippen LogP contribution in [0, 0.1) is 0 Å². The molecule has 0 N–H and O–H groups in total. The fourth-order valence-corrected chi connectivity index (χ4v) is 2.52. The Morgan fingerprint density at radius 3 is 2.30 bits per heavy atom. The first-order valence-electron chi connectivity index (χ1n) is 7.69. The van der Waals surface area contributed by atoms with Gasteiger partial charge in [-0.15, -0.1) is 0 Å². The predicted octanol–water partition coefficient (Wildman–Crippen LogP) is 3.62. The normalized spacial score (nSPS) is 21.1. The van der Waals surface area contributed by atoms with Gasteiger partial charge in [-0.3, -0.25) is 0 Å². The molecule has 2 rings (SSSR count). The van der Waals surface area contributed by atoms with Crippen molar-refractivity contribution in [3.8, 4) is 0 Å². The van der Waals surface area contributed by atoms with Crippen LogP contribution in [0.1, 0.15) is 40.2 Å². The van der Waals surface area contributed by atoms with E-state index in [4.69, 9.17) is 25.8 Å². The molecule has 0 saturated carbocycles. The molecule has 6 heteroatoms. The Morgan fingerprint density at radius 2 is 1.78 bits per heavy atom. The third-order valence-corrected chi connectivity index (χ3v) is 4.67. The maximum atomic E-state index is 6.42. The minimum absolute atomic E-state index is 0.137. The number of benzene rings is 1. The molecule has 23 heavy (non-hydrogen) atoms. The van der Waals surface area contributed by atoms with Gasteiger partial charge in [0.05, 0.1) is 18.3 Å². The molecule has 1 atom stereocenters. The fourth-order valence-electron chi connectivity index (χ4n) is 2.24. The summed E-state index contributed by atoms with van der Waals surface area (Å²) in [6.45, 7) is 9.98. The zero-order chi connectivity index (χ0) is 17.3. The molecular formula is C17H24BClO4. The summed E-state index contributed by atoms with van der Waals surface area (Å²) >= 11 is 6.42. The molecule has 0 bridgehead atoms. The lowest BCUT2D eigenvalue weighted by atomic mass is 9.78. The summed E-state index contributed by atoms with van der Waals surface area (Å²) in [6.07, 6.45) is 3.69. The molecule has 0 radical (unpaired) electrons. The zero-order valence-electron chi connectivity index (χ0n) is 14.6. The van der Waals surface area contributed by atoms with Crippen molar-refractivity contribution < 1.29 is 19.1 Å². The summed E-state index contributed by atoms with van der Waals surface area (Å²) in [7, 11) is 1.03. The van der Waals surface area contributed by atoms with E-state index in [9.17, 15) is 0 Å². The van der Waals surface area contributed by atoms with Crippen LogP contribution in [0.3, 0.4) is 0 Å². The van der Waals surface area contributed by atoms with Crippen LogP contribution in [0.2, 0.25) is 5.02 Å². The van der Waals surface area contributed by atoms with E-state index in [1.54, 1.807) is 0 Å². The molecule has 0 amide bonds. The van der Waals surface area contributed by atoms with Crippen LogP contribution in [0.15, 0.2) is 24.3 Å². The summed E-state index contributed by atoms with van der Waals surface area (Å²) < 4.78 is 12.1. The van der Waals surface area contributed by atoms with E-state index in [1.165, 1.54) is 7.11 Å². The molecule has 1 fully saturated rings. The van der Waals surface area contributed by atoms with Crippen LogP contribution in [0.25, 0.3) is 6.08 Å². The van der Waals surface area contributed by atoms with Crippen molar-refractivity contribution in [1.82, 2.24) is 0 Å². The smallest absolute Gasteiger partial charge is 0.399 e. The lowest BCUT2D eigenvalue weighted by molar-refractivity contribution is -0.289. The Balaban J connectivity index is 2.15. The molecule has 1 aromatic carbocycles. The quantitative estimate of drug-likeness (QED) is 0.467. The molecule has 1 heterocycles. The average Bonchev–Trinajstić information content (AvgIpc) is 2.65. The van der Waals surface area contributed by atoms with Gasteiger partial charge in [-0.25, -0.2) is 9.78 Å². The highest BCUT2D eigenvalue weighted by Gasteiger charge is 2.52. The molecule has 1 aromatic rings. The van der Waals surface area contributed by atoms with E-state index in [1.807, 2.05) is 65.0 Å². The Labute approximate surface area is 143 Å². The summed E-state index contributed by atoms with van der Waals surface area (Å²) in [6, 6.07) is 5.80. The molecule has 1 saturated heterocycles. The Bertz CT molecular complexity index is 570. The number of hydrogen-bond donors (Lipinski definition) is 0. The number of halogens is 1. The van der Waals surface area contributed by atoms with Crippen LogP contribution < -0.4 is 5.46 Å². The molecule has 0 aromatic heterocycles. The van der Waals surface area contributed by atoms with E-state index in [2.05, 4.69) is 4.89 Å². The summed E-state index contributed by atoms with van der Waals surface area (Å²) in [5.74, 6) is 0. The van der Waals surface area contributed by atoms with Crippen molar-refractivity contribution in [3.05, 3.63) is 34.9 Å². The van der Waals surface area contributed by atoms with E-state index in [0.29, 0.717) is 5.02 Å². The summed E-state index contributed by atoms with van der Waals surface area (Å²) in [5, 5.41) is 0.617. The summed E-state index contributed by atoms with van der Waals surface area (Å²) in [5.41, 5.74) is 1.05. The minimum atomic E-state index is -0.457. The van der Waals surface area contributed by atoms with E-state index < -0.39 is 7.12 Å². The molecule has 126 valence electrons. The van der Waals surface area contributed by atoms with Gasteiger partial charge in [0, 0.05) is 10.5 Å². The summed E-state index contributed by atoms with van der Waals surface area (Å²) in [4.78, 5) is 9.62. The molecule has 1 aliphatic rings. The average molecular weight is 339 g/mol. The van der Waals surface area contributed by atoms with Gasteiger partial charge >= 0.3 is 7.12 Å². The van der Waals surface area contributed by atoms with Gasteiger partial charge in [0.15, 0.2) is 0 Å². The maximum Gasteiger partial charge on any atom is 0.496 e. The molecule has 4 nitrogen and oxygen atoms in total. The van der Waals surface area contributed by atoms with Gasteiger partial charge in [-0.2, -0.15) is 0 Å². The van der Waals surface area contributed by atoms with Crippen molar-refractivity contribution in [2.24, 2.45) is 0 Å². The van der Waals surface area contributed by atoms with Gasteiger partial charge in [-0.1, -0.05) is 35.9 Å². The van der Waals surface area contributed by atoms with Crippen molar-refractivity contribution in [3.63, 3.8) is 0 Å². The number of hydrogen-bond acceptors (Lipinski definition) is 4. The van der Waals surface area contributed by atoms with Gasteiger partial charge in [-0.05, 0) is 46.2 Å². The van der Waals surface area contributed by atoms with Crippen LogP contribution >= 0.6 is 11.6 Å². The van der Waals surface area contributed by atoms with Crippen molar-refractivity contribution in [1.29, 1.82) is 0 Å². The predicted molar refractivity (Wildman–Crippen MR) is 93.8 cm³/mol. The minimum Gasteiger partial charge on any atom is -0.399 e. The molecule has 1 unspecified atom stereocenters. The van der Waals surface area contributed by atoms with E-state index >= 15 is 0 Å². The zero-order valence-corrected chi connectivity index (χ0v) is 15.3. The van der Waals surface area contributed by atoms with Gasteiger partial charge < -0.3 is 9.31 Å². The lowest BCUT2D eigenvalue weighted by Gasteiger charge is -2.32. The van der Waals surface area contributed by atoms with E-state index in [0.717, 1.165) is 11.0 Å². The largest absolute Gasteiger partial charge is 0.496 e. The monoisotopic (exact) mass is 338 g/mol. The molecule has 0 spiro atoms. The standard InChI is InChI=1S/C17H24BClO4/c1-12(21-20-6)7-8-13-9-10-14(15(19)11-13)18-22-16(2,3)17(4,5)23-18/h7-12H,1-6H3/b8-7+. The molecule has 1 aliphatic heterocycles.